The highest BCUT2D eigenvalue weighted by atomic mass is 16.6. The molecule has 0 atom stereocenters. The van der Waals surface area contributed by atoms with Gasteiger partial charge in [0.05, 0.1) is 18.9 Å². The molecule has 20 heavy (non-hydrogen) atoms. The molecule has 0 radical (unpaired) electrons. The number of nitrogens with zero attached hydrogens (tertiary/aromatic N) is 1. The number of ether oxygens (including phenoxy) is 2. The molecule has 0 bridgehead atoms. The van der Waals surface area contributed by atoms with Gasteiger partial charge >= 0.3 is 11.9 Å². The maximum atomic E-state index is 11.7. The highest BCUT2D eigenvalue weighted by Crippen LogP contribution is 2.13. The van der Waals surface area contributed by atoms with Gasteiger partial charge in [0.15, 0.2) is 0 Å². The summed E-state index contributed by atoms with van der Waals surface area (Å²) in [6, 6.07) is 7.36. The first-order chi connectivity index (χ1) is 9.60. The van der Waals surface area contributed by atoms with Crippen LogP contribution in [-0.4, -0.2) is 30.9 Å². The fourth-order valence-electron chi connectivity index (χ4n) is 1.39. The molecule has 0 saturated heterocycles. The molecular weight excluding hydrogens is 260 g/mol. The van der Waals surface area contributed by atoms with Crippen LogP contribution in [0, 0.1) is 6.92 Å². The molecule has 0 spiro atoms. The van der Waals surface area contributed by atoms with Gasteiger partial charge in [-0.05, 0) is 32.4 Å². The van der Waals surface area contributed by atoms with Gasteiger partial charge < -0.3 is 9.47 Å². The number of carbonyl (C=O) groups is 2. The van der Waals surface area contributed by atoms with Crippen LogP contribution >= 0.6 is 0 Å². The summed E-state index contributed by atoms with van der Waals surface area (Å²) in [6.45, 7) is 5.49. The van der Waals surface area contributed by atoms with Crippen LogP contribution in [0.15, 0.2) is 29.4 Å². The summed E-state index contributed by atoms with van der Waals surface area (Å²) in [6.07, 6.45) is 0. The number of esters is 2. The first-order valence-corrected chi connectivity index (χ1v) is 6.33. The normalized spacial score (nSPS) is 9.55. The standard InChI is InChI=1S/C14H18N2O4/c1-4-19-13(17)12(14(18)20-5-2)16-15-11-9-7-6-8-10(11)3/h6-9,15H,4-5H2,1-3H3. The van der Waals surface area contributed by atoms with Crippen LogP contribution in [0.3, 0.4) is 0 Å². The highest BCUT2D eigenvalue weighted by molar-refractivity contribution is 6.62. The molecule has 0 heterocycles. The molecule has 108 valence electrons. The average molecular weight is 278 g/mol. The van der Waals surface area contributed by atoms with Crippen molar-refractivity contribution in [1.82, 2.24) is 0 Å². The van der Waals surface area contributed by atoms with E-state index < -0.39 is 17.7 Å². The lowest BCUT2D eigenvalue weighted by molar-refractivity contribution is -0.140. The van der Waals surface area contributed by atoms with E-state index in [9.17, 15) is 9.59 Å². The quantitative estimate of drug-likeness (QED) is 0.372. The maximum absolute atomic E-state index is 11.7. The Labute approximate surface area is 117 Å². The Balaban J connectivity index is 2.92. The van der Waals surface area contributed by atoms with Gasteiger partial charge in [0, 0.05) is 0 Å². The second kappa shape index (κ2) is 7.93. The van der Waals surface area contributed by atoms with Crippen molar-refractivity contribution in [2.45, 2.75) is 20.8 Å². The molecule has 1 aromatic rings. The van der Waals surface area contributed by atoms with Gasteiger partial charge in [-0.2, -0.15) is 5.10 Å². The molecule has 0 aliphatic carbocycles. The van der Waals surface area contributed by atoms with E-state index in [-0.39, 0.29) is 13.2 Å². The van der Waals surface area contributed by atoms with E-state index in [0.717, 1.165) is 5.56 Å². The highest BCUT2D eigenvalue weighted by Gasteiger charge is 2.23. The minimum absolute atomic E-state index is 0.154. The predicted molar refractivity (Wildman–Crippen MR) is 75.5 cm³/mol. The number of rotatable bonds is 6. The lowest BCUT2D eigenvalue weighted by Crippen LogP contribution is -2.29. The predicted octanol–water partition coefficient (Wildman–Crippen LogP) is 1.89. The van der Waals surface area contributed by atoms with E-state index in [1.54, 1.807) is 19.9 Å². The largest absolute Gasteiger partial charge is 0.461 e. The summed E-state index contributed by atoms with van der Waals surface area (Å²) in [7, 11) is 0. The lowest BCUT2D eigenvalue weighted by atomic mass is 10.2. The second-order valence-corrected chi connectivity index (χ2v) is 3.83. The minimum atomic E-state index is -0.813. The van der Waals surface area contributed by atoms with Crippen LogP contribution in [0.5, 0.6) is 0 Å². The van der Waals surface area contributed by atoms with Gasteiger partial charge in [-0.15, -0.1) is 0 Å². The van der Waals surface area contributed by atoms with Gasteiger partial charge in [0.2, 0.25) is 0 Å². The molecule has 1 rings (SSSR count). The molecule has 0 unspecified atom stereocenters. The fourth-order valence-corrected chi connectivity index (χ4v) is 1.39. The molecule has 0 fully saturated rings. The van der Waals surface area contributed by atoms with Gasteiger partial charge in [-0.25, -0.2) is 9.59 Å². The van der Waals surface area contributed by atoms with Crippen LogP contribution < -0.4 is 5.43 Å². The first kappa shape index (κ1) is 15.7. The van der Waals surface area contributed by atoms with Gasteiger partial charge in [-0.3, -0.25) is 5.43 Å². The number of nitrogens with one attached hydrogen (secondary N) is 1. The van der Waals surface area contributed by atoms with Gasteiger partial charge in [0.1, 0.15) is 0 Å². The van der Waals surface area contributed by atoms with E-state index in [4.69, 9.17) is 9.47 Å². The molecule has 1 N–H and O–H groups in total. The third kappa shape index (κ3) is 4.38. The number of hydrogen-bond donors (Lipinski definition) is 1. The van der Waals surface area contributed by atoms with Crippen LogP contribution in [0.4, 0.5) is 5.69 Å². The third-order valence-corrected chi connectivity index (χ3v) is 2.37. The zero-order valence-electron chi connectivity index (χ0n) is 11.8. The van der Waals surface area contributed by atoms with Crippen molar-refractivity contribution in [2.75, 3.05) is 18.6 Å². The minimum Gasteiger partial charge on any atom is -0.461 e. The summed E-state index contributed by atoms with van der Waals surface area (Å²) in [5.74, 6) is -1.63. The van der Waals surface area contributed by atoms with Crippen LogP contribution in [0.2, 0.25) is 0 Å². The first-order valence-electron chi connectivity index (χ1n) is 6.33. The number of benzene rings is 1. The monoisotopic (exact) mass is 278 g/mol. The van der Waals surface area contributed by atoms with E-state index in [0.29, 0.717) is 5.69 Å². The topological polar surface area (TPSA) is 77.0 Å². The second-order valence-electron chi connectivity index (χ2n) is 3.83. The number of anilines is 1. The molecule has 6 heteroatoms. The molecule has 0 amide bonds. The Bertz CT molecular complexity index is 492. The zero-order valence-corrected chi connectivity index (χ0v) is 11.8. The van der Waals surface area contributed by atoms with Crippen molar-refractivity contribution in [2.24, 2.45) is 5.10 Å². The zero-order chi connectivity index (χ0) is 15.0. The number of aryl methyl sites for hydroxylation is 1. The SMILES string of the molecule is CCOC(=O)C(=NNc1ccccc1C)C(=O)OCC. The van der Waals surface area contributed by atoms with Gasteiger partial charge in [0.25, 0.3) is 5.71 Å². The summed E-state index contributed by atoms with van der Waals surface area (Å²) < 4.78 is 9.56. The summed E-state index contributed by atoms with van der Waals surface area (Å²) in [5, 5.41) is 3.81. The van der Waals surface area contributed by atoms with Crippen molar-refractivity contribution in [3.63, 3.8) is 0 Å². The lowest BCUT2D eigenvalue weighted by Gasteiger charge is -2.07. The van der Waals surface area contributed by atoms with E-state index in [1.165, 1.54) is 0 Å². The third-order valence-electron chi connectivity index (χ3n) is 2.37. The van der Waals surface area contributed by atoms with Crippen molar-refractivity contribution in [3.8, 4) is 0 Å². The van der Waals surface area contributed by atoms with E-state index >= 15 is 0 Å². The molecule has 6 nitrogen and oxygen atoms in total. The van der Waals surface area contributed by atoms with Crippen LogP contribution in [0.25, 0.3) is 0 Å². The van der Waals surface area contributed by atoms with E-state index in [2.05, 4.69) is 10.5 Å². The van der Waals surface area contributed by atoms with Crippen molar-refractivity contribution in [1.29, 1.82) is 0 Å². The Hall–Kier alpha value is -2.37. The van der Waals surface area contributed by atoms with Crippen LogP contribution in [-0.2, 0) is 19.1 Å². The summed E-state index contributed by atoms with van der Waals surface area (Å²) in [4.78, 5) is 23.3. The molecule has 1 aromatic carbocycles. The molecule has 0 aliphatic rings. The fraction of sp³-hybridized carbons (Fsp3) is 0.357. The van der Waals surface area contributed by atoms with Crippen molar-refractivity contribution in [3.05, 3.63) is 29.8 Å². The Morgan fingerprint density at radius 3 is 2.15 bits per heavy atom. The van der Waals surface area contributed by atoms with E-state index in [1.807, 2.05) is 25.1 Å². The molecular formula is C14H18N2O4. The Morgan fingerprint density at radius 1 is 1.10 bits per heavy atom. The number of carbonyl (C=O) groups excluding carboxylic acids is 2. The molecule has 0 saturated carbocycles. The maximum Gasteiger partial charge on any atom is 0.366 e. The summed E-state index contributed by atoms with van der Waals surface area (Å²) in [5.41, 5.74) is 3.90. The van der Waals surface area contributed by atoms with Crippen molar-refractivity contribution >= 4 is 23.3 Å². The Kier molecular flexibility index (Phi) is 6.22. The number of hydrogen-bond acceptors (Lipinski definition) is 6. The molecule has 0 aliphatic heterocycles. The molecule has 0 aromatic heterocycles. The smallest absolute Gasteiger partial charge is 0.366 e. The van der Waals surface area contributed by atoms with Crippen LogP contribution in [0.1, 0.15) is 19.4 Å². The summed E-state index contributed by atoms with van der Waals surface area (Å²) >= 11 is 0. The number of hydrazone groups is 1. The van der Waals surface area contributed by atoms with Gasteiger partial charge in [-0.1, -0.05) is 18.2 Å². The number of para-hydroxylation sites is 1. The Morgan fingerprint density at radius 2 is 1.65 bits per heavy atom. The average Bonchev–Trinajstić information content (AvgIpc) is 2.41. The van der Waals surface area contributed by atoms with Crippen molar-refractivity contribution < 1.29 is 19.1 Å².